The Balaban J connectivity index is 1.48. The van der Waals surface area contributed by atoms with Crippen LogP contribution in [0.3, 0.4) is 0 Å². The van der Waals surface area contributed by atoms with Gasteiger partial charge in [-0.05, 0) is 61.0 Å². The van der Waals surface area contributed by atoms with Crippen LogP contribution in [0.2, 0.25) is 5.02 Å². The van der Waals surface area contributed by atoms with Gasteiger partial charge >= 0.3 is 0 Å². The summed E-state index contributed by atoms with van der Waals surface area (Å²) < 4.78 is 0. The van der Waals surface area contributed by atoms with E-state index in [-0.39, 0.29) is 5.91 Å². The molecule has 2 heterocycles. The number of carbonyl (C=O) groups excluding carboxylic acids is 1. The van der Waals surface area contributed by atoms with Gasteiger partial charge in [0, 0.05) is 42.3 Å². The van der Waals surface area contributed by atoms with E-state index in [9.17, 15) is 4.79 Å². The van der Waals surface area contributed by atoms with Crippen LogP contribution in [0, 0.1) is 6.92 Å². The zero-order chi connectivity index (χ0) is 21.1. The molecule has 3 aromatic rings. The van der Waals surface area contributed by atoms with Crippen molar-refractivity contribution in [1.29, 1.82) is 0 Å². The third-order valence-electron chi connectivity index (χ3n) is 5.71. The summed E-state index contributed by atoms with van der Waals surface area (Å²) in [5.74, 6) is 0.989. The van der Waals surface area contributed by atoms with E-state index in [0.29, 0.717) is 11.4 Å². The Morgan fingerprint density at radius 3 is 2.50 bits per heavy atom. The van der Waals surface area contributed by atoms with Crippen molar-refractivity contribution >= 4 is 39.9 Å². The van der Waals surface area contributed by atoms with E-state index >= 15 is 0 Å². The average molecular weight is 423 g/mol. The highest BCUT2D eigenvalue weighted by atomic mass is 35.5. The normalized spacial score (nSPS) is 14.8. The molecule has 156 valence electrons. The minimum Gasteiger partial charge on any atom is -0.354 e. The number of hydrogen-bond donors (Lipinski definition) is 1. The lowest BCUT2D eigenvalue weighted by Crippen LogP contribution is -2.46. The number of likely N-dealkylation sites (N-methyl/N-ethyl adjacent to an activating group) is 1. The molecule has 2 aromatic carbocycles. The summed E-state index contributed by atoms with van der Waals surface area (Å²) in [6.07, 6.45) is 0.315. The molecule has 0 atom stereocenters. The van der Waals surface area contributed by atoms with Crippen molar-refractivity contribution in [2.75, 3.05) is 42.9 Å². The Labute approximate surface area is 182 Å². The predicted molar refractivity (Wildman–Crippen MR) is 125 cm³/mol. The van der Waals surface area contributed by atoms with Crippen molar-refractivity contribution in [2.24, 2.45) is 0 Å². The van der Waals surface area contributed by atoms with Crippen LogP contribution in [0.15, 0.2) is 48.5 Å². The van der Waals surface area contributed by atoms with Gasteiger partial charge in [0.05, 0.1) is 11.9 Å². The largest absolute Gasteiger partial charge is 0.354 e. The Morgan fingerprint density at radius 1 is 1.07 bits per heavy atom. The smallest absolute Gasteiger partial charge is 0.228 e. The summed E-state index contributed by atoms with van der Waals surface area (Å²) >= 11 is 5.91. The molecule has 1 aliphatic rings. The van der Waals surface area contributed by atoms with E-state index in [0.717, 1.165) is 60.7 Å². The molecule has 6 heteroatoms. The topological polar surface area (TPSA) is 48.5 Å². The second-order valence-corrected chi connectivity index (χ2v) is 8.24. The Hall–Kier alpha value is -2.63. The van der Waals surface area contributed by atoms with Crippen LogP contribution in [0.4, 0.5) is 11.5 Å². The zero-order valence-corrected chi connectivity index (χ0v) is 18.2. The van der Waals surface area contributed by atoms with Gasteiger partial charge in [-0.25, -0.2) is 4.98 Å². The molecule has 0 unspecified atom stereocenters. The number of benzene rings is 2. The molecule has 1 amide bonds. The van der Waals surface area contributed by atoms with E-state index in [1.165, 1.54) is 5.56 Å². The van der Waals surface area contributed by atoms with Gasteiger partial charge in [-0.3, -0.25) is 4.79 Å². The van der Waals surface area contributed by atoms with Crippen LogP contribution in [0.5, 0.6) is 0 Å². The van der Waals surface area contributed by atoms with Crippen molar-refractivity contribution in [1.82, 2.24) is 9.88 Å². The van der Waals surface area contributed by atoms with E-state index < -0.39 is 0 Å². The van der Waals surface area contributed by atoms with Crippen LogP contribution < -0.4 is 10.2 Å². The van der Waals surface area contributed by atoms with Gasteiger partial charge in [0.1, 0.15) is 5.82 Å². The Bertz CT molecular complexity index is 1040. The van der Waals surface area contributed by atoms with Gasteiger partial charge in [-0.1, -0.05) is 30.7 Å². The zero-order valence-electron chi connectivity index (χ0n) is 17.5. The summed E-state index contributed by atoms with van der Waals surface area (Å²) in [5, 5.41) is 4.73. The first-order valence-corrected chi connectivity index (χ1v) is 10.8. The van der Waals surface area contributed by atoms with Crippen LogP contribution in [-0.2, 0) is 11.2 Å². The highest BCUT2D eigenvalue weighted by Gasteiger charge is 2.18. The monoisotopic (exact) mass is 422 g/mol. The van der Waals surface area contributed by atoms with E-state index in [2.05, 4.69) is 35.0 Å². The lowest BCUT2D eigenvalue weighted by atomic mass is 10.1. The molecular formula is C24H27ClN4O. The fourth-order valence-corrected chi connectivity index (χ4v) is 4.03. The second-order valence-electron chi connectivity index (χ2n) is 7.80. The third kappa shape index (κ3) is 4.74. The first kappa shape index (κ1) is 20.6. The van der Waals surface area contributed by atoms with Crippen molar-refractivity contribution in [2.45, 2.75) is 20.3 Å². The maximum atomic E-state index is 12.4. The molecule has 1 N–H and O–H groups in total. The molecule has 5 nitrogen and oxygen atoms in total. The molecular weight excluding hydrogens is 396 g/mol. The maximum absolute atomic E-state index is 12.4. The quantitative estimate of drug-likeness (QED) is 0.656. The first-order valence-electron chi connectivity index (χ1n) is 10.4. The SMILES string of the molecule is CCN1CCN(c2cc(C)c3cc(NC(=O)Cc4ccc(Cl)cc4)ccc3n2)CC1. The van der Waals surface area contributed by atoms with Gasteiger partial charge in [-0.15, -0.1) is 0 Å². The molecule has 30 heavy (non-hydrogen) atoms. The number of aromatic nitrogens is 1. The van der Waals surface area contributed by atoms with Crippen LogP contribution in [0.1, 0.15) is 18.1 Å². The molecule has 0 bridgehead atoms. The second kappa shape index (κ2) is 9.02. The number of halogens is 1. The van der Waals surface area contributed by atoms with Crippen molar-refractivity contribution in [3.8, 4) is 0 Å². The summed E-state index contributed by atoms with van der Waals surface area (Å²) in [4.78, 5) is 22.1. The van der Waals surface area contributed by atoms with E-state index in [1.807, 2.05) is 30.3 Å². The van der Waals surface area contributed by atoms with Crippen LogP contribution in [0.25, 0.3) is 10.9 Å². The Kier molecular flexibility index (Phi) is 6.21. The molecule has 0 radical (unpaired) electrons. The number of amides is 1. The van der Waals surface area contributed by atoms with Crippen molar-refractivity contribution in [3.05, 3.63) is 64.7 Å². The fraction of sp³-hybridized carbons (Fsp3) is 0.333. The predicted octanol–water partition coefficient (Wildman–Crippen LogP) is 4.52. The Morgan fingerprint density at radius 2 is 1.80 bits per heavy atom. The molecule has 0 spiro atoms. The highest BCUT2D eigenvalue weighted by molar-refractivity contribution is 6.30. The molecule has 1 saturated heterocycles. The maximum Gasteiger partial charge on any atom is 0.228 e. The number of nitrogens with zero attached hydrogens (tertiary/aromatic N) is 3. The number of aryl methyl sites for hydroxylation is 1. The molecule has 0 saturated carbocycles. The van der Waals surface area contributed by atoms with Crippen LogP contribution >= 0.6 is 11.6 Å². The first-order chi connectivity index (χ1) is 14.5. The van der Waals surface area contributed by atoms with Gasteiger partial charge in [0.2, 0.25) is 5.91 Å². The number of anilines is 2. The fourth-order valence-electron chi connectivity index (χ4n) is 3.90. The lowest BCUT2D eigenvalue weighted by Gasteiger charge is -2.35. The lowest BCUT2D eigenvalue weighted by molar-refractivity contribution is -0.115. The van der Waals surface area contributed by atoms with Gasteiger partial charge in [0.15, 0.2) is 0 Å². The highest BCUT2D eigenvalue weighted by Crippen LogP contribution is 2.26. The standard InChI is InChI=1S/C24H27ClN4O/c1-3-28-10-12-29(13-11-28)23-14-17(2)21-16-20(8-9-22(21)27-23)26-24(30)15-18-4-6-19(25)7-5-18/h4-9,14,16H,3,10-13,15H2,1-2H3,(H,26,30). The summed E-state index contributed by atoms with van der Waals surface area (Å²) in [5.41, 5.74) is 3.85. The minimum atomic E-state index is -0.0484. The number of carbonyl (C=O) groups is 1. The molecule has 0 aliphatic carbocycles. The number of nitrogens with one attached hydrogen (secondary N) is 1. The summed E-state index contributed by atoms with van der Waals surface area (Å²) in [7, 11) is 0. The number of piperazine rings is 1. The number of fused-ring (bicyclic) bond motifs is 1. The van der Waals surface area contributed by atoms with Gasteiger partial charge in [-0.2, -0.15) is 0 Å². The van der Waals surface area contributed by atoms with Gasteiger partial charge < -0.3 is 15.1 Å². The van der Waals surface area contributed by atoms with Crippen LogP contribution in [-0.4, -0.2) is 48.5 Å². The number of pyridine rings is 1. The summed E-state index contributed by atoms with van der Waals surface area (Å²) in [6, 6.07) is 15.4. The molecule has 1 aromatic heterocycles. The van der Waals surface area contributed by atoms with E-state index in [4.69, 9.17) is 16.6 Å². The number of rotatable bonds is 5. The molecule has 4 rings (SSSR count). The average Bonchev–Trinajstić information content (AvgIpc) is 2.75. The molecule has 1 fully saturated rings. The third-order valence-corrected chi connectivity index (χ3v) is 5.96. The number of hydrogen-bond acceptors (Lipinski definition) is 4. The van der Waals surface area contributed by atoms with Crippen molar-refractivity contribution < 1.29 is 4.79 Å². The van der Waals surface area contributed by atoms with E-state index in [1.54, 1.807) is 12.1 Å². The minimum absolute atomic E-state index is 0.0484. The summed E-state index contributed by atoms with van der Waals surface area (Å²) in [6.45, 7) is 9.58. The van der Waals surface area contributed by atoms with Crippen molar-refractivity contribution in [3.63, 3.8) is 0 Å². The molecule has 1 aliphatic heterocycles. The van der Waals surface area contributed by atoms with Gasteiger partial charge in [0.25, 0.3) is 0 Å².